The van der Waals surface area contributed by atoms with Crippen molar-refractivity contribution in [3.05, 3.63) is 63.0 Å². The number of ether oxygens (including phenoxy) is 1. The lowest BCUT2D eigenvalue weighted by molar-refractivity contribution is -0.210. The van der Waals surface area contributed by atoms with Crippen LogP contribution >= 0.6 is 23.2 Å². The van der Waals surface area contributed by atoms with Crippen molar-refractivity contribution in [1.29, 1.82) is 0 Å². The molecule has 2 atom stereocenters. The average Bonchev–Trinajstić information content (AvgIpc) is 3.33. The molecule has 0 saturated carbocycles. The van der Waals surface area contributed by atoms with Gasteiger partial charge < -0.3 is 24.5 Å². The number of nitrogens with two attached hydrogens (primary N) is 1. The Hall–Kier alpha value is -3.61. The number of fused-ring (bicyclic) bond motifs is 2. The van der Waals surface area contributed by atoms with Gasteiger partial charge >= 0.3 is 12.1 Å². The van der Waals surface area contributed by atoms with Crippen molar-refractivity contribution in [2.24, 2.45) is 11.7 Å². The number of carbonyl (C=O) groups excluding carboxylic acids is 2. The second-order valence-electron chi connectivity index (χ2n) is 10.8. The highest BCUT2D eigenvalue weighted by Gasteiger charge is 2.44. The first kappa shape index (κ1) is 33.3. The van der Waals surface area contributed by atoms with Gasteiger partial charge in [0.15, 0.2) is 0 Å². The number of benzene rings is 2. The van der Waals surface area contributed by atoms with Gasteiger partial charge in [0.05, 0.1) is 26.6 Å². The highest BCUT2D eigenvalue weighted by atomic mass is 35.5. The van der Waals surface area contributed by atoms with Gasteiger partial charge in [-0.2, -0.15) is 13.2 Å². The first-order chi connectivity index (χ1) is 20.7. The SMILES string of the molecule is CCN(CC)C(=O)C(OC(=O)C(F)(F)F)n1cc(-c2nc3cc(Cl)c(Cl)cc3n(CC(N)CC(C)C)c2=O)c2ccccc21. The summed E-state index contributed by atoms with van der Waals surface area (Å²) in [6.07, 6.45) is -5.45. The number of rotatable bonds is 10. The maximum Gasteiger partial charge on any atom is 0.491 e. The molecule has 0 aliphatic heterocycles. The molecular formula is C30H32Cl2F3N5O4. The zero-order valence-electron chi connectivity index (χ0n) is 24.5. The fourth-order valence-corrected chi connectivity index (χ4v) is 5.50. The molecule has 2 aromatic carbocycles. The lowest BCUT2D eigenvalue weighted by atomic mass is 10.0. The minimum Gasteiger partial charge on any atom is -0.425 e. The van der Waals surface area contributed by atoms with Gasteiger partial charge in [0, 0.05) is 42.8 Å². The molecule has 2 unspecified atom stereocenters. The number of alkyl halides is 3. The third-order valence-electron chi connectivity index (χ3n) is 7.16. The van der Waals surface area contributed by atoms with Gasteiger partial charge in [0.2, 0.25) is 0 Å². The molecule has 0 bridgehead atoms. The zero-order valence-corrected chi connectivity index (χ0v) is 26.0. The number of halogens is 5. The second-order valence-corrected chi connectivity index (χ2v) is 11.6. The molecule has 0 aliphatic carbocycles. The van der Waals surface area contributed by atoms with Crippen molar-refractivity contribution in [1.82, 2.24) is 19.0 Å². The maximum absolute atomic E-state index is 14.1. The highest BCUT2D eigenvalue weighted by molar-refractivity contribution is 6.42. The molecular weight excluding hydrogens is 622 g/mol. The number of amides is 1. The number of para-hydroxylation sites is 1. The molecule has 0 saturated heterocycles. The van der Waals surface area contributed by atoms with Crippen molar-refractivity contribution in [2.75, 3.05) is 13.1 Å². The van der Waals surface area contributed by atoms with Gasteiger partial charge in [0.25, 0.3) is 17.7 Å². The van der Waals surface area contributed by atoms with Crippen LogP contribution in [0, 0.1) is 5.92 Å². The maximum atomic E-state index is 14.1. The van der Waals surface area contributed by atoms with E-state index in [1.54, 1.807) is 32.0 Å². The van der Waals surface area contributed by atoms with Gasteiger partial charge in [-0.3, -0.25) is 9.59 Å². The van der Waals surface area contributed by atoms with E-state index in [0.717, 1.165) is 4.57 Å². The first-order valence-electron chi connectivity index (χ1n) is 14.0. The quantitative estimate of drug-likeness (QED) is 0.205. The van der Waals surface area contributed by atoms with E-state index in [-0.39, 0.29) is 52.4 Å². The molecule has 0 aliphatic rings. The lowest BCUT2D eigenvalue weighted by Crippen LogP contribution is -2.41. The standard InChI is InChI=1S/C30H32Cl2F3N5O4/c1-5-38(6-2)27(42)28(44-29(43)30(33,34)35)40-15-19(18-9-7-8-10-23(18)40)25-26(41)39(14-17(36)11-16(3)4)24-13-21(32)20(31)12-22(24)37-25/h7-10,12-13,15-17,28H,5-6,11,14,36H2,1-4H3. The van der Waals surface area contributed by atoms with Crippen LogP contribution in [0.15, 0.2) is 47.4 Å². The van der Waals surface area contributed by atoms with Gasteiger partial charge in [-0.1, -0.05) is 55.2 Å². The van der Waals surface area contributed by atoms with Crippen molar-refractivity contribution < 1.29 is 27.5 Å². The third-order valence-corrected chi connectivity index (χ3v) is 7.89. The minimum atomic E-state index is -5.35. The molecule has 44 heavy (non-hydrogen) atoms. The smallest absolute Gasteiger partial charge is 0.425 e. The van der Waals surface area contributed by atoms with E-state index in [1.165, 1.54) is 33.9 Å². The van der Waals surface area contributed by atoms with E-state index in [0.29, 0.717) is 22.8 Å². The molecule has 236 valence electrons. The van der Waals surface area contributed by atoms with Crippen LogP contribution in [0.3, 0.4) is 0 Å². The summed E-state index contributed by atoms with van der Waals surface area (Å²) in [5.41, 5.74) is 6.94. The summed E-state index contributed by atoms with van der Waals surface area (Å²) in [5.74, 6) is -3.15. The topological polar surface area (TPSA) is 112 Å². The number of esters is 1. The molecule has 9 nitrogen and oxygen atoms in total. The molecule has 1 amide bonds. The fraction of sp³-hybridized carbons (Fsp3) is 0.400. The van der Waals surface area contributed by atoms with Crippen molar-refractivity contribution in [3.63, 3.8) is 0 Å². The van der Waals surface area contributed by atoms with Gasteiger partial charge in [-0.25, -0.2) is 9.78 Å². The Balaban J connectivity index is 2.00. The molecule has 0 spiro atoms. The Kier molecular flexibility index (Phi) is 9.96. The number of hydrogen-bond donors (Lipinski definition) is 1. The summed E-state index contributed by atoms with van der Waals surface area (Å²) in [6.45, 7) is 7.72. The monoisotopic (exact) mass is 653 g/mol. The van der Waals surface area contributed by atoms with Gasteiger partial charge in [0.1, 0.15) is 5.69 Å². The first-order valence-corrected chi connectivity index (χ1v) is 14.7. The number of aromatic nitrogens is 3. The van der Waals surface area contributed by atoms with Crippen LogP contribution in [0.1, 0.15) is 40.3 Å². The van der Waals surface area contributed by atoms with Crippen LogP contribution in [0.4, 0.5) is 13.2 Å². The second kappa shape index (κ2) is 13.2. The summed E-state index contributed by atoms with van der Waals surface area (Å²) in [6, 6.07) is 9.06. The molecule has 0 radical (unpaired) electrons. The van der Waals surface area contributed by atoms with E-state index in [9.17, 15) is 27.6 Å². The third kappa shape index (κ3) is 6.72. The molecule has 14 heteroatoms. The minimum absolute atomic E-state index is 0.0706. The Bertz CT molecular complexity index is 1770. The van der Waals surface area contributed by atoms with Gasteiger partial charge in [-0.15, -0.1) is 0 Å². The average molecular weight is 655 g/mol. The van der Waals surface area contributed by atoms with Crippen LogP contribution in [0.2, 0.25) is 10.0 Å². The van der Waals surface area contributed by atoms with E-state index in [2.05, 4.69) is 4.98 Å². The van der Waals surface area contributed by atoms with Crippen LogP contribution in [-0.4, -0.2) is 56.2 Å². The Morgan fingerprint density at radius 2 is 1.70 bits per heavy atom. The van der Waals surface area contributed by atoms with E-state index < -0.39 is 35.9 Å². The predicted octanol–water partition coefficient (Wildman–Crippen LogP) is 6.17. The molecule has 0 fully saturated rings. The van der Waals surface area contributed by atoms with Crippen molar-refractivity contribution in [2.45, 2.75) is 59.1 Å². The summed E-state index contributed by atoms with van der Waals surface area (Å²) in [5, 5.41) is 0.788. The number of hydrogen-bond acceptors (Lipinski definition) is 6. The van der Waals surface area contributed by atoms with Crippen molar-refractivity contribution >= 4 is 57.0 Å². The number of nitrogens with zero attached hydrogens (tertiary/aromatic N) is 4. The van der Waals surface area contributed by atoms with E-state index in [1.807, 2.05) is 13.8 Å². The van der Waals surface area contributed by atoms with Crippen LogP contribution in [0.25, 0.3) is 33.2 Å². The summed E-state index contributed by atoms with van der Waals surface area (Å²) in [4.78, 5) is 45.4. The predicted molar refractivity (Wildman–Crippen MR) is 163 cm³/mol. The van der Waals surface area contributed by atoms with Gasteiger partial charge in [-0.05, 0) is 44.4 Å². The fourth-order valence-electron chi connectivity index (χ4n) is 5.18. The van der Waals surface area contributed by atoms with E-state index >= 15 is 0 Å². The van der Waals surface area contributed by atoms with Crippen LogP contribution in [-0.2, 0) is 20.9 Å². The zero-order chi connectivity index (χ0) is 32.5. The molecule has 2 aromatic heterocycles. The Labute approximate surface area is 261 Å². The summed E-state index contributed by atoms with van der Waals surface area (Å²) in [7, 11) is 0. The normalized spacial score (nSPS) is 13.4. The Morgan fingerprint density at radius 1 is 1.07 bits per heavy atom. The molecule has 2 heterocycles. The number of carbonyl (C=O) groups is 2. The Morgan fingerprint density at radius 3 is 2.32 bits per heavy atom. The van der Waals surface area contributed by atoms with Crippen molar-refractivity contribution in [3.8, 4) is 11.3 Å². The summed E-state index contributed by atoms with van der Waals surface area (Å²) >= 11 is 12.6. The van der Waals surface area contributed by atoms with Crippen LogP contribution in [0.5, 0.6) is 0 Å². The highest BCUT2D eigenvalue weighted by Crippen LogP contribution is 2.34. The van der Waals surface area contributed by atoms with Crippen LogP contribution < -0.4 is 11.3 Å². The summed E-state index contributed by atoms with van der Waals surface area (Å²) < 4.78 is 47.4. The molecule has 4 rings (SSSR count). The largest absolute Gasteiger partial charge is 0.491 e. The molecule has 2 N–H and O–H groups in total. The number of likely N-dealkylation sites (N-methyl/N-ethyl adjacent to an activating group) is 1. The molecule has 4 aromatic rings. The van der Waals surface area contributed by atoms with E-state index in [4.69, 9.17) is 33.7 Å². The lowest BCUT2D eigenvalue weighted by Gasteiger charge is -2.26.